The number of benzene rings is 1. The molecule has 26 heavy (non-hydrogen) atoms. The highest BCUT2D eigenvalue weighted by molar-refractivity contribution is 5.92. The molecule has 0 spiro atoms. The minimum Gasteiger partial charge on any atom is -0.454 e. The van der Waals surface area contributed by atoms with Gasteiger partial charge in [0.15, 0.2) is 11.5 Å². The van der Waals surface area contributed by atoms with Crippen molar-refractivity contribution in [2.24, 2.45) is 5.92 Å². The van der Waals surface area contributed by atoms with Gasteiger partial charge in [0.25, 0.3) is 5.91 Å². The van der Waals surface area contributed by atoms with E-state index in [1.165, 1.54) is 6.33 Å². The van der Waals surface area contributed by atoms with E-state index < -0.39 is 0 Å². The lowest BCUT2D eigenvalue weighted by atomic mass is 9.99. The molecule has 0 saturated carbocycles. The van der Waals surface area contributed by atoms with E-state index in [9.17, 15) is 4.79 Å². The normalized spacial score (nSPS) is 16.6. The molecule has 0 aliphatic carbocycles. The molecular weight excluding hydrogens is 332 g/mol. The first-order valence-electron chi connectivity index (χ1n) is 8.93. The number of fused-ring (bicyclic) bond motifs is 1. The summed E-state index contributed by atoms with van der Waals surface area (Å²) in [4.78, 5) is 22.9. The first-order chi connectivity index (χ1) is 12.7. The molecule has 7 nitrogen and oxygen atoms in total. The number of aromatic nitrogens is 2. The zero-order valence-electron chi connectivity index (χ0n) is 14.8. The summed E-state index contributed by atoms with van der Waals surface area (Å²) in [6.07, 6.45) is 3.53. The Kier molecular flexibility index (Phi) is 4.60. The quantitative estimate of drug-likeness (QED) is 0.910. The second-order valence-electron chi connectivity index (χ2n) is 6.80. The molecule has 2 aliphatic heterocycles. The number of rotatable bonds is 4. The maximum absolute atomic E-state index is 12.6. The van der Waals surface area contributed by atoms with Gasteiger partial charge in [-0.3, -0.25) is 4.79 Å². The first-order valence-corrected chi connectivity index (χ1v) is 8.93. The number of carbonyl (C=O) groups is 1. The summed E-state index contributed by atoms with van der Waals surface area (Å²) in [7, 11) is 0. The van der Waals surface area contributed by atoms with Crippen LogP contribution in [0, 0.1) is 5.92 Å². The average Bonchev–Trinajstić information content (AvgIpc) is 3.14. The Balaban J connectivity index is 1.40. The Morgan fingerprint density at radius 1 is 1.19 bits per heavy atom. The van der Waals surface area contributed by atoms with Gasteiger partial charge in [-0.05, 0) is 36.5 Å². The zero-order valence-corrected chi connectivity index (χ0v) is 14.8. The van der Waals surface area contributed by atoms with Crippen LogP contribution in [0.2, 0.25) is 0 Å². The predicted molar refractivity (Wildman–Crippen MR) is 96.2 cm³/mol. The van der Waals surface area contributed by atoms with Gasteiger partial charge in [-0.1, -0.05) is 13.0 Å². The Labute approximate surface area is 152 Å². The van der Waals surface area contributed by atoms with Crippen LogP contribution in [0.15, 0.2) is 30.6 Å². The third-order valence-electron chi connectivity index (χ3n) is 4.87. The molecule has 0 atom stereocenters. The number of hydrogen-bond acceptors (Lipinski definition) is 6. The highest BCUT2D eigenvalue weighted by atomic mass is 16.7. The zero-order chi connectivity index (χ0) is 17.9. The monoisotopic (exact) mass is 354 g/mol. The van der Waals surface area contributed by atoms with Crippen molar-refractivity contribution in [1.82, 2.24) is 14.9 Å². The largest absolute Gasteiger partial charge is 0.454 e. The van der Waals surface area contributed by atoms with Crippen LogP contribution < -0.4 is 14.8 Å². The number of nitrogens with one attached hydrogen (secondary N) is 1. The fourth-order valence-corrected chi connectivity index (χ4v) is 3.19. The lowest BCUT2D eigenvalue weighted by Crippen LogP contribution is -2.38. The fraction of sp³-hybridized carbons (Fsp3) is 0.421. The van der Waals surface area contributed by atoms with E-state index in [2.05, 4.69) is 22.2 Å². The predicted octanol–water partition coefficient (Wildman–Crippen LogP) is 2.69. The average molecular weight is 354 g/mol. The summed E-state index contributed by atoms with van der Waals surface area (Å²) in [5.41, 5.74) is 1.48. The second kappa shape index (κ2) is 7.19. The van der Waals surface area contributed by atoms with Gasteiger partial charge in [0.05, 0.1) is 0 Å². The van der Waals surface area contributed by atoms with Gasteiger partial charge in [0.2, 0.25) is 6.79 Å². The van der Waals surface area contributed by atoms with Crippen molar-refractivity contribution in [3.05, 3.63) is 41.9 Å². The SMILES string of the molecule is CC1CCN(C(=O)c2cc(NCc3ccc4c(c3)OCO4)ncn2)CC1. The third-order valence-corrected chi connectivity index (χ3v) is 4.87. The van der Waals surface area contributed by atoms with Crippen LogP contribution in [0.1, 0.15) is 35.8 Å². The summed E-state index contributed by atoms with van der Waals surface area (Å²) < 4.78 is 10.7. The molecule has 1 amide bonds. The highest BCUT2D eigenvalue weighted by Gasteiger charge is 2.22. The molecule has 0 unspecified atom stereocenters. The third kappa shape index (κ3) is 3.56. The van der Waals surface area contributed by atoms with Crippen LogP contribution in [0.25, 0.3) is 0 Å². The Morgan fingerprint density at radius 2 is 2.00 bits per heavy atom. The summed E-state index contributed by atoms with van der Waals surface area (Å²) in [5, 5.41) is 3.24. The topological polar surface area (TPSA) is 76.6 Å². The van der Waals surface area contributed by atoms with Crippen LogP contribution >= 0.6 is 0 Å². The van der Waals surface area contributed by atoms with Crippen molar-refractivity contribution in [1.29, 1.82) is 0 Å². The number of carbonyl (C=O) groups excluding carboxylic acids is 1. The van der Waals surface area contributed by atoms with Crippen LogP contribution in [-0.4, -0.2) is 40.7 Å². The fourth-order valence-electron chi connectivity index (χ4n) is 3.19. The minimum absolute atomic E-state index is 0.0228. The molecular formula is C19H22N4O3. The molecule has 3 heterocycles. The summed E-state index contributed by atoms with van der Waals surface area (Å²) in [6.45, 7) is 4.65. The summed E-state index contributed by atoms with van der Waals surface area (Å²) >= 11 is 0. The molecule has 0 bridgehead atoms. The number of anilines is 1. The molecule has 2 aromatic rings. The van der Waals surface area contributed by atoms with Gasteiger partial charge < -0.3 is 19.7 Å². The molecule has 1 N–H and O–H groups in total. The lowest BCUT2D eigenvalue weighted by molar-refractivity contribution is 0.0691. The van der Waals surface area contributed by atoms with Gasteiger partial charge in [-0.15, -0.1) is 0 Å². The van der Waals surface area contributed by atoms with E-state index in [4.69, 9.17) is 9.47 Å². The van der Waals surface area contributed by atoms with Gasteiger partial charge in [0.1, 0.15) is 17.8 Å². The highest BCUT2D eigenvalue weighted by Crippen LogP contribution is 2.32. The van der Waals surface area contributed by atoms with Crippen LogP contribution in [0.5, 0.6) is 11.5 Å². The minimum atomic E-state index is -0.0228. The van der Waals surface area contributed by atoms with Crippen LogP contribution in [0.4, 0.5) is 5.82 Å². The molecule has 1 aromatic carbocycles. The molecule has 4 rings (SSSR count). The van der Waals surface area contributed by atoms with Crippen molar-refractivity contribution in [2.75, 3.05) is 25.2 Å². The van der Waals surface area contributed by atoms with E-state index in [0.29, 0.717) is 24.0 Å². The van der Waals surface area contributed by atoms with E-state index in [-0.39, 0.29) is 12.7 Å². The Morgan fingerprint density at radius 3 is 2.85 bits per heavy atom. The molecule has 136 valence electrons. The maximum atomic E-state index is 12.6. The van der Waals surface area contributed by atoms with Crippen molar-refractivity contribution < 1.29 is 14.3 Å². The van der Waals surface area contributed by atoms with Gasteiger partial charge >= 0.3 is 0 Å². The Bertz CT molecular complexity index is 803. The Hall–Kier alpha value is -2.83. The number of amides is 1. The van der Waals surface area contributed by atoms with Crippen molar-refractivity contribution >= 4 is 11.7 Å². The molecule has 7 heteroatoms. The van der Waals surface area contributed by atoms with E-state index in [1.54, 1.807) is 6.07 Å². The number of hydrogen-bond donors (Lipinski definition) is 1. The molecule has 1 aromatic heterocycles. The van der Waals surface area contributed by atoms with Crippen LogP contribution in [0.3, 0.4) is 0 Å². The first kappa shape index (κ1) is 16.6. The standard InChI is InChI=1S/C19H22N4O3/c1-13-4-6-23(7-5-13)19(24)15-9-18(22-11-21-15)20-10-14-2-3-16-17(8-14)26-12-25-16/h2-3,8-9,11,13H,4-7,10,12H2,1H3,(H,20,21,22). The molecule has 1 fully saturated rings. The van der Waals surface area contributed by atoms with E-state index in [0.717, 1.165) is 43.0 Å². The van der Waals surface area contributed by atoms with Crippen molar-refractivity contribution in [3.8, 4) is 11.5 Å². The number of likely N-dealkylation sites (tertiary alicyclic amines) is 1. The van der Waals surface area contributed by atoms with E-state index >= 15 is 0 Å². The van der Waals surface area contributed by atoms with Gasteiger partial charge in [-0.2, -0.15) is 0 Å². The number of piperidine rings is 1. The summed E-state index contributed by atoms with van der Waals surface area (Å²) in [5.74, 6) is 2.81. The van der Waals surface area contributed by atoms with Crippen molar-refractivity contribution in [3.63, 3.8) is 0 Å². The summed E-state index contributed by atoms with van der Waals surface area (Å²) in [6, 6.07) is 7.53. The lowest BCUT2D eigenvalue weighted by Gasteiger charge is -2.30. The van der Waals surface area contributed by atoms with E-state index in [1.807, 2.05) is 23.1 Å². The van der Waals surface area contributed by atoms with Gasteiger partial charge in [-0.25, -0.2) is 9.97 Å². The smallest absolute Gasteiger partial charge is 0.272 e. The number of nitrogens with zero attached hydrogens (tertiary/aromatic N) is 3. The molecule has 0 radical (unpaired) electrons. The van der Waals surface area contributed by atoms with Crippen molar-refractivity contribution in [2.45, 2.75) is 26.3 Å². The molecule has 2 aliphatic rings. The second-order valence-corrected chi connectivity index (χ2v) is 6.80. The van der Waals surface area contributed by atoms with Gasteiger partial charge in [0, 0.05) is 25.7 Å². The molecule has 1 saturated heterocycles. The van der Waals surface area contributed by atoms with Crippen LogP contribution in [-0.2, 0) is 6.54 Å². The maximum Gasteiger partial charge on any atom is 0.272 e. The number of ether oxygens (including phenoxy) is 2.